The zero-order valence-electron chi connectivity index (χ0n) is 19.0. The van der Waals surface area contributed by atoms with Gasteiger partial charge in [0.1, 0.15) is 0 Å². The molecular formula is C27H21N5O3S. The molecule has 178 valence electrons. The lowest BCUT2D eigenvalue weighted by Crippen LogP contribution is -2.15. The maximum absolute atomic E-state index is 12.7. The smallest absolute Gasteiger partial charge is 0.261 e. The minimum atomic E-state index is -3.74. The average molecular weight is 496 g/mol. The number of hydrogen-bond acceptors (Lipinski definition) is 6. The number of amides is 1. The second-order valence-electron chi connectivity index (χ2n) is 8.05. The van der Waals surface area contributed by atoms with Gasteiger partial charge in [-0.2, -0.15) is 0 Å². The van der Waals surface area contributed by atoms with Crippen molar-refractivity contribution in [2.45, 2.75) is 11.3 Å². The number of sulfonamides is 1. The van der Waals surface area contributed by atoms with Crippen molar-refractivity contribution >= 4 is 38.5 Å². The minimum Gasteiger partial charge on any atom is -0.309 e. The van der Waals surface area contributed by atoms with E-state index in [9.17, 15) is 13.2 Å². The molecule has 0 bridgehead atoms. The number of pyridine rings is 1. The fraction of sp³-hybridized carbons (Fsp3) is 0.0370. The molecule has 0 aliphatic carbocycles. The van der Waals surface area contributed by atoms with Crippen molar-refractivity contribution < 1.29 is 13.2 Å². The highest BCUT2D eigenvalue weighted by molar-refractivity contribution is 7.92. The zero-order chi connectivity index (χ0) is 25.0. The van der Waals surface area contributed by atoms with Gasteiger partial charge in [-0.15, -0.1) is 0 Å². The van der Waals surface area contributed by atoms with Crippen LogP contribution in [0.3, 0.4) is 0 Å². The van der Waals surface area contributed by atoms with Crippen molar-refractivity contribution in [3.8, 4) is 11.1 Å². The Hall–Kier alpha value is -4.63. The SMILES string of the molecule is O=C(Cc1ccccc1)Nc1cnc2ccc(-c3cncc(NS(=O)(=O)c4ccccc4)c3)cc2n1. The number of hydrogen-bond donors (Lipinski definition) is 2. The lowest BCUT2D eigenvalue weighted by atomic mass is 10.1. The number of anilines is 2. The molecule has 0 aliphatic rings. The van der Waals surface area contributed by atoms with Crippen molar-refractivity contribution in [2.75, 3.05) is 10.0 Å². The zero-order valence-corrected chi connectivity index (χ0v) is 19.8. The molecule has 36 heavy (non-hydrogen) atoms. The Balaban J connectivity index is 1.37. The summed E-state index contributed by atoms with van der Waals surface area (Å²) in [5.41, 5.74) is 3.96. The molecular weight excluding hydrogens is 474 g/mol. The average Bonchev–Trinajstić information content (AvgIpc) is 2.89. The summed E-state index contributed by atoms with van der Waals surface area (Å²) in [4.78, 5) is 25.7. The predicted molar refractivity (Wildman–Crippen MR) is 139 cm³/mol. The van der Waals surface area contributed by atoms with Crippen LogP contribution in [-0.4, -0.2) is 29.3 Å². The van der Waals surface area contributed by atoms with Crippen LogP contribution < -0.4 is 10.0 Å². The quantitative estimate of drug-likeness (QED) is 0.339. The Morgan fingerprint density at radius 3 is 2.31 bits per heavy atom. The highest BCUT2D eigenvalue weighted by Gasteiger charge is 2.14. The van der Waals surface area contributed by atoms with Crippen molar-refractivity contribution in [2.24, 2.45) is 0 Å². The maximum atomic E-state index is 12.7. The van der Waals surface area contributed by atoms with Crippen LogP contribution in [0.4, 0.5) is 11.5 Å². The van der Waals surface area contributed by atoms with Crippen LogP contribution in [0.5, 0.6) is 0 Å². The first-order chi connectivity index (χ1) is 17.5. The van der Waals surface area contributed by atoms with E-state index in [1.165, 1.54) is 24.5 Å². The molecule has 0 aliphatic heterocycles. The molecule has 0 spiro atoms. The van der Waals surface area contributed by atoms with E-state index in [2.05, 4.69) is 25.0 Å². The van der Waals surface area contributed by atoms with E-state index in [4.69, 9.17) is 0 Å². The normalized spacial score (nSPS) is 11.2. The summed E-state index contributed by atoms with van der Waals surface area (Å²) in [7, 11) is -3.74. The molecule has 1 amide bonds. The van der Waals surface area contributed by atoms with E-state index in [-0.39, 0.29) is 17.2 Å². The molecule has 2 heterocycles. The molecule has 0 fully saturated rings. The summed E-state index contributed by atoms with van der Waals surface area (Å²) in [5.74, 6) is 0.164. The molecule has 0 saturated heterocycles. The van der Waals surface area contributed by atoms with Gasteiger partial charge in [-0.05, 0) is 41.5 Å². The number of benzene rings is 3. The van der Waals surface area contributed by atoms with Gasteiger partial charge < -0.3 is 5.32 Å². The van der Waals surface area contributed by atoms with Gasteiger partial charge in [0, 0.05) is 11.8 Å². The summed E-state index contributed by atoms with van der Waals surface area (Å²) in [6, 6.07) is 24.8. The fourth-order valence-corrected chi connectivity index (χ4v) is 4.74. The van der Waals surface area contributed by atoms with E-state index in [0.717, 1.165) is 11.1 Å². The topological polar surface area (TPSA) is 114 Å². The van der Waals surface area contributed by atoms with Crippen LogP contribution in [0, 0.1) is 0 Å². The summed E-state index contributed by atoms with van der Waals surface area (Å²) in [6.07, 6.45) is 4.84. The molecule has 5 aromatic rings. The maximum Gasteiger partial charge on any atom is 0.261 e. The molecule has 2 N–H and O–H groups in total. The lowest BCUT2D eigenvalue weighted by Gasteiger charge is -2.10. The van der Waals surface area contributed by atoms with Gasteiger partial charge in [-0.25, -0.2) is 13.4 Å². The third-order valence-electron chi connectivity index (χ3n) is 5.39. The highest BCUT2D eigenvalue weighted by atomic mass is 32.2. The molecule has 5 rings (SSSR count). The molecule has 9 heteroatoms. The van der Waals surface area contributed by atoms with Gasteiger partial charge in [0.2, 0.25) is 5.91 Å². The number of aromatic nitrogens is 3. The van der Waals surface area contributed by atoms with E-state index >= 15 is 0 Å². The van der Waals surface area contributed by atoms with Gasteiger partial charge in [0.05, 0.1) is 40.4 Å². The Morgan fingerprint density at radius 2 is 1.53 bits per heavy atom. The van der Waals surface area contributed by atoms with Gasteiger partial charge in [-0.3, -0.25) is 19.5 Å². The lowest BCUT2D eigenvalue weighted by molar-refractivity contribution is -0.115. The van der Waals surface area contributed by atoms with Gasteiger partial charge in [0.25, 0.3) is 10.0 Å². The number of fused-ring (bicyclic) bond motifs is 1. The largest absolute Gasteiger partial charge is 0.309 e. The van der Waals surface area contributed by atoms with Crippen LogP contribution in [0.2, 0.25) is 0 Å². The van der Waals surface area contributed by atoms with Crippen molar-refractivity contribution in [1.82, 2.24) is 15.0 Å². The highest BCUT2D eigenvalue weighted by Crippen LogP contribution is 2.26. The standard InChI is InChI=1S/C27H21N5O3S/c33-27(13-19-7-3-1-4-8-19)31-26-18-29-24-12-11-20(15-25(24)30-26)21-14-22(17-28-16-21)32-36(34,35)23-9-5-2-6-10-23/h1-12,14-18,32H,13H2,(H,30,31,33). The van der Waals surface area contributed by atoms with Crippen LogP contribution in [-0.2, 0) is 21.2 Å². The monoisotopic (exact) mass is 495 g/mol. The van der Waals surface area contributed by atoms with Crippen LogP contribution in [0.25, 0.3) is 22.2 Å². The summed E-state index contributed by atoms with van der Waals surface area (Å²) in [5, 5.41) is 2.79. The molecule has 0 atom stereocenters. The Labute approximate surface area is 208 Å². The third-order valence-corrected chi connectivity index (χ3v) is 6.79. The fourth-order valence-electron chi connectivity index (χ4n) is 3.69. The summed E-state index contributed by atoms with van der Waals surface area (Å²) in [6.45, 7) is 0. The molecule has 0 saturated carbocycles. The Morgan fingerprint density at radius 1 is 0.778 bits per heavy atom. The molecule has 0 unspecified atom stereocenters. The summed E-state index contributed by atoms with van der Waals surface area (Å²) >= 11 is 0. The van der Waals surface area contributed by atoms with E-state index in [0.29, 0.717) is 28.1 Å². The van der Waals surface area contributed by atoms with Crippen molar-refractivity contribution in [3.63, 3.8) is 0 Å². The molecule has 0 radical (unpaired) electrons. The van der Waals surface area contributed by atoms with Crippen LogP contribution in [0.15, 0.2) is 108 Å². The third kappa shape index (κ3) is 5.37. The number of carbonyl (C=O) groups excluding carboxylic acids is 1. The molecule has 2 aromatic heterocycles. The number of nitrogens with zero attached hydrogens (tertiary/aromatic N) is 3. The number of rotatable bonds is 7. The number of nitrogens with one attached hydrogen (secondary N) is 2. The first-order valence-electron chi connectivity index (χ1n) is 11.1. The van der Waals surface area contributed by atoms with E-state index in [1.807, 2.05) is 48.5 Å². The Bertz CT molecular complexity index is 1640. The second kappa shape index (κ2) is 9.93. The van der Waals surface area contributed by atoms with Crippen molar-refractivity contribution in [3.05, 3.63) is 109 Å². The van der Waals surface area contributed by atoms with Gasteiger partial charge >= 0.3 is 0 Å². The first-order valence-corrected chi connectivity index (χ1v) is 12.6. The van der Waals surface area contributed by atoms with Gasteiger partial charge in [0.15, 0.2) is 5.82 Å². The number of carbonyl (C=O) groups is 1. The van der Waals surface area contributed by atoms with Gasteiger partial charge in [-0.1, -0.05) is 54.6 Å². The second-order valence-corrected chi connectivity index (χ2v) is 9.73. The van der Waals surface area contributed by atoms with Crippen LogP contribution >= 0.6 is 0 Å². The Kier molecular flexibility index (Phi) is 6.38. The van der Waals surface area contributed by atoms with E-state index in [1.54, 1.807) is 30.5 Å². The minimum absolute atomic E-state index is 0.165. The van der Waals surface area contributed by atoms with Crippen LogP contribution in [0.1, 0.15) is 5.56 Å². The first kappa shape index (κ1) is 23.1. The van der Waals surface area contributed by atoms with Crippen molar-refractivity contribution in [1.29, 1.82) is 0 Å². The summed E-state index contributed by atoms with van der Waals surface area (Å²) < 4.78 is 27.9. The van der Waals surface area contributed by atoms with E-state index < -0.39 is 10.0 Å². The predicted octanol–water partition coefficient (Wildman–Crippen LogP) is 4.67. The molecule has 3 aromatic carbocycles. The molecule has 8 nitrogen and oxygen atoms in total.